The molecule has 0 radical (unpaired) electrons. The SMILES string of the molecule is COc1ccc(OCc2nnc(N3CC(OC(C)C(F)(F)F)C3)n2C)cc1. The fraction of sp³-hybridized carbons (Fsp3) is 0.529. The highest BCUT2D eigenvalue weighted by atomic mass is 19.4. The van der Waals surface area contributed by atoms with Crippen LogP contribution in [0.2, 0.25) is 0 Å². The minimum absolute atomic E-state index is 0.217. The fourth-order valence-corrected chi connectivity index (χ4v) is 2.63. The number of hydrogen-bond acceptors (Lipinski definition) is 6. The standard InChI is InChI=1S/C17H21F3N4O3/c1-11(17(18,19)20)27-14-8-24(9-14)16-22-21-15(23(16)2)10-26-13-6-4-12(25-3)5-7-13/h4-7,11,14H,8-10H2,1-3H3. The summed E-state index contributed by atoms with van der Waals surface area (Å²) in [6.07, 6.45) is -6.60. The highest BCUT2D eigenvalue weighted by Crippen LogP contribution is 2.27. The van der Waals surface area contributed by atoms with Crippen LogP contribution in [-0.2, 0) is 18.4 Å². The molecule has 2 heterocycles. The third-order valence-electron chi connectivity index (χ3n) is 4.36. The molecule has 0 bridgehead atoms. The van der Waals surface area contributed by atoms with Gasteiger partial charge in [-0.2, -0.15) is 13.2 Å². The predicted octanol–water partition coefficient (Wildman–Crippen LogP) is 2.56. The molecule has 7 nitrogen and oxygen atoms in total. The van der Waals surface area contributed by atoms with Gasteiger partial charge in [0.05, 0.1) is 13.2 Å². The second-order valence-electron chi connectivity index (χ2n) is 6.29. The first-order valence-electron chi connectivity index (χ1n) is 8.40. The Morgan fingerprint density at radius 1 is 1.15 bits per heavy atom. The molecule has 0 saturated carbocycles. The van der Waals surface area contributed by atoms with E-state index in [4.69, 9.17) is 14.2 Å². The molecule has 1 aromatic carbocycles. The Bertz CT molecular complexity index is 758. The first-order valence-corrected chi connectivity index (χ1v) is 8.40. The number of methoxy groups -OCH3 is 1. The van der Waals surface area contributed by atoms with E-state index in [0.29, 0.717) is 30.6 Å². The number of aromatic nitrogens is 3. The number of hydrogen-bond donors (Lipinski definition) is 0. The van der Waals surface area contributed by atoms with Gasteiger partial charge in [0.2, 0.25) is 5.95 Å². The molecule has 1 aromatic heterocycles. The van der Waals surface area contributed by atoms with Crippen molar-refractivity contribution < 1.29 is 27.4 Å². The van der Waals surface area contributed by atoms with Gasteiger partial charge in [-0.3, -0.25) is 4.57 Å². The summed E-state index contributed by atoms with van der Waals surface area (Å²) in [5.74, 6) is 2.58. The van der Waals surface area contributed by atoms with Crippen LogP contribution in [0.25, 0.3) is 0 Å². The Hall–Kier alpha value is -2.49. The molecule has 0 spiro atoms. The monoisotopic (exact) mass is 386 g/mol. The molecule has 3 rings (SSSR count). The van der Waals surface area contributed by atoms with Crippen LogP contribution in [0.1, 0.15) is 12.7 Å². The Labute approximate surface area is 154 Å². The van der Waals surface area contributed by atoms with Crippen LogP contribution in [0.15, 0.2) is 24.3 Å². The average molecular weight is 386 g/mol. The summed E-state index contributed by atoms with van der Waals surface area (Å²) >= 11 is 0. The smallest absolute Gasteiger partial charge is 0.414 e. The minimum atomic E-state index is -4.35. The maximum absolute atomic E-state index is 12.5. The molecule has 1 aliphatic rings. The van der Waals surface area contributed by atoms with Crippen molar-refractivity contribution in [1.29, 1.82) is 0 Å². The van der Waals surface area contributed by atoms with Crippen LogP contribution in [0, 0.1) is 0 Å². The zero-order valence-electron chi connectivity index (χ0n) is 15.2. The number of benzene rings is 1. The van der Waals surface area contributed by atoms with E-state index < -0.39 is 18.4 Å². The van der Waals surface area contributed by atoms with Crippen molar-refractivity contribution >= 4 is 5.95 Å². The third-order valence-corrected chi connectivity index (χ3v) is 4.36. The second-order valence-corrected chi connectivity index (χ2v) is 6.29. The molecule has 1 fully saturated rings. The number of anilines is 1. The summed E-state index contributed by atoms with van der Waals surface area (Å²) in [5, 5.41) is 8.19. The lowest BCUT2D eigenvalue weighted by Gasteiger charge is -2.40. The van der Waals surface area contributed by atoms with Crippen LogP contribution >= 0.6 is 0 Å². The van der Waals surface area contributed by atoms with Gasteiger partial charge in [0.1, 0.15) is 18.1 Å². The van der Waals surface area contributed by atoms with E-state index in [1.165, 1.54) is 0 Å². The summed E-state index contributed by atoms with van der Waals surface area (Å²) < 4.78 is 55.2. The predicted molar refractivity (Wildman–Crippen MR) is 90.9 cm³/mol. The number of nitrogens with zero attached hydrogens (tertiary/aromatic N) is 4. The third kappa shape index (κ3) is 4.44. The van der Waals surface area contributed by atoms with Crippen LogP contribution in [0.4, 0.5) is 19.1 Å². The minimum Gasteiger partial charge on any atom is -0.497 e. The number of rotatable bonds is 7. The second kappa shape index (κ2) is 7.63. The highest BCUT2D eigenvalue weighted by molar-refractivity contribution is 5.36. The lowest BCUT2D eigenvalue weighted by Crippen LogP contribution is -2.55. The van der Waals surface area contributed by atoms with E-state index in [0.717, 1.165) is 12.7 Å². The van der Waals surface area contributed by atoms with Crippen molar-refractivity contribution in [2.75, 3.05) is 25.1 Å². The van der Waals surface area contributed by atoms with Crippen molar-refractivity contribution in [3.05, 3.63) is 30.1 Å². The zero-order valence-corrected chi connectivity index (χ0v) is 15.2. The van der Waals surface area contributed by atoms with Crippen LogP contribution in [0.3, 0.4) is 0 Å². The van der Waals surface area contributed by atoms with Gasteiger partial charge in [0.15, 0.2) is 11.9 Å². The van der Waals surface area contributed by atoms with Crippen LogP contribution < -0.4 is 14.4 Å². The molecule has 1 atom stereocenters. The molecule has 27 heavy (non-hydrogen) atoms. The molecule has 10 heteroatoms. The average Bonchev–Trinajstić information content (AvgIpc) is 2.95. The molecule has 148 valence electrons. The van der Waals surface area contributed by atoms with Crippen molar-refractivity contribution in [2.45, 2.75) is 31.9 Å². The molecular weight excluding hydrogens is 365 g/mol. The van der Waals surface area contributed by atoms with Crippen molar-refractivity contribution in [3.63, 3.8) is 0 Å². The molecule has 0 aliphatic carbocycles. The number of halogens is 3. The van der Waals surface area contributed by atoms with Crippen molar-refractivity contribution in [3.8, 4) is 11.5 Å². The van der Waals surface area contributed by atoms with E-state index >= 15 is 0 Å². The van der Waals surface area contributed by atoms with E-state index in [-0.39, 0.29) is 6.61 Å². The topological polar surface area (TPSA) is 61.6 Å². The molecule has 0 amide bonds. The van der Waals surface area contributed by atoms with Crippen molar-refractivity contribution in [2.24, 2.45) is 7.05 Å². The summed E-state index contributed by atoms with van der Waals surface area (Å²) in [6, 6.07) is 7.16. The maximum Gasteiger partial charge on any atom is 0.414 e. The van der Waals surface area contributed by atoms with Gasteiger partial charge in [0, 0.05) is 20.1 Å². The Morgan fingerprint density at radius 2 is 1.78 bits per heavy atom. The Balaban J connectivity index is 1.52. The molecule has 0 N–H and O–H groups in total. The summed E-state index contributed by atoms with van der Waals surface area (Å²) in [4.78, 5) is 1.82. The largest absolute Gasteiger partial charge is 0.497 e. The highest BCUT2D eigenvalue weighted by Gasteiger charge is 2.41. The van der Waals surface area contributed by atoms with Gasteiger partial charge < -0.3 is 19.1 Å². The van der Waals surface area contributed by atoms with Crippen LogP contribution in [-0.4, -0.2) is 53.3 Å². The van der Waals surface area contributed by atoms with E-state index in [1.54, 1.807) is 43.0 Å². The van der Waals surface area contributed by atoms with Crippen molar-refractivity contribution in [1.82, 2.24) is 14.8 Å². The maximum atomic E-state index is 12.5. The van der Waals surface area contributed by atoms with Gasteiger partial charge in [-0.1, -0.05) is 0 Å². The van der Waals surface area contributed by atoms with Gasteiger partial charge in [-0.05, 0) is 31.2 Å². The van der Waals surface area contributed by atoms with E-state index in [1.807, 2.05) is 4.90 Å². The molecule has 1 aliphatic heterocycles. The summed E-state index contributed by atoms with van der Waals surface area (Å²) in [6.45, 7) is 1.91. The quantitative estimate of drug-likeness (QED) is 0.729. The normalized spacial score (nSPS) is 16.1. The first kappa shape index (κ1) is 19.3. The number of alkyl halides is 3. The molecular formula is C17H21F3N4O3. The van der Waals surface area contributed by atoms with Gasteiger partial charge in [-0.25, -0.2) is 0 Å². The molecule has 1 saturated heterocycles. The van der Waals surface area contributed by atoms with Gasteiger partial charge >= 0.3 is 6.18 Å². The number of ether oxygens (including phenoxy) is 3. The lowest BCUT2D eigenvalue weighted by atomic mass is 10.2. The molecule has 1 unspecified atom stereocenters. The Kier molecular flexibility index (Phi) is 5.45. The zero-order chi connectivity index (χ0) is 19.6. The van der Waals surface area contributed by atoms with Gasteiger partial charge in [-0.15, -0.1) is 10.2 Å². The fourth-order valence-electron chi connectivity index (χ4n) is 2.63. The summed E-state index contributed by atoms with van der Waals surface area (Å²) in [7, 11) is 3.38. The Morgan fingerprint density at radius 3 is 2.37 bits per heavy atom. The van der Waals surface area contributed by atoms with Gasteiger partial charge in [0.25, 0.3) is 0 Å². The van der Waals surface area contributed by atoms with E-state index in [2.05, 4.69) is 10.2 Å². The molecule has 2 aromatic rings. The summed E-state index contributed by atoms with van der Waals surface area (Å²) in [5.41, 5.74) is 0. The first-order chi connectivity index (χ1) is 12.8. The van der Waals surface area contributed by atoms with Crippen LogP contribution in [0.5, 0.6) is 11.5 Å². The lowest BCUT2D eigenvalue weighted by molar-refractivity contribution is -0.228. The van der Waals surface area contributed by atoms with E-state index in [9.17, 15) is 13.2 Å².